The Hall–Kier alpha value is -3.70. The van der Waals surface area contributed by atoms with E-state index >= 15 is 0 Å². The largest absolute Gasteiger partial charge is 0.462 e. The molecule has 0 fully saturated rings. The molecule has 0 bridgehead atoms. The molecule has 5 heteroatoms. The summed E-state index contributed by atoms with van der Waals surface area (Å²) in [6, 6.07) is 0. The highest BCUT2D eigenvalue weighted by Crippen LogP contribution is 2.14. The number of allylic oxidation sites excluding steroid dienone is 20. The molecule has 0 amide bonds. The number of ether oxygens (including phenoxy) is 3. The molecule has 0 heterocycles. The molecule has 0 aliphatic heterocycles. The Labute approximate surface area is 420 Å². The summed E-state index contributed by atoms with van der Waals surface area (Å²) in [5, 5.41) is 0. The molecule has 0 rings (SSSR count). The molecule has 68 heavy (non-hydrogen) atoms. The third-order valence-corrected chi connectivity index (χ3v) is 11.5. The molecule has 0 saturated carbocycles. The number of hydrogen-bond acceptors (Lipinski definition) is 5. The van der Waals surface area contributed by atoms with Crippen molar-refractivity contribution in [3.8, 4) is 0 Å². The maximum absolute atomic E-state index is 12.8. The molecule has 0 radical (unpaired) electrons. The van der Waals surface area contributed by atoms with Crippen molar-refractivity contribution in [2.45, 2.75) is 245 Å². The lowest BCUT2D eigenvalue weighted by Gasteiger charge is -2.18. The van der Waals surface area contributed by atoms with Gasteiger partial charge < -0.3 is 14.2 Å². The van der Waals surface area contributed by atoms with Gasteiger partial charge in [0, 0.05) is 19.4 Å². The fourth-order valence-corrected chi connectivity index (χ4v) is 7.40. The zero-order valence-corrected chi connectivity index (χ0v) is 44.3. The third-order valence-electron chi connectivity index (χ3n) is 11.5. The van der Waals surface area contributed by atoms with Crippen molar-refractivity contribution in [3.05, 3.63) is 122 Å². The van der Waals surface area contributed by atoms with E-state index in [0.29, 0.717) is 19.4 Å². The van der Waals surface area contributed by atoms with Gasteiger partial charge in [0.05, 0.1) is 6.61 Å². The molecular formula is C63H104O5. The standard InChI is InChI=1S/C63H104O5/c1-4-7-10-13-16-19-22-25-28-31-32-34-35-38-41-44-47-50-53-56-62(64)67-60-61(59-66-58-55-52-49-46-43-40-37-30-27-24-21-18-15-12-9-6-3)68-63(65)57-54-51-48-45-42-39-36-33-29-26-23-20-17-14-11-8-5-2/h7-8,10-11,16-17,19-20,25-26,28-29,32,34,36,38-39,41,45,48,61H,4-6,9,12-15,18,21-24,27,30-31,33,35,37,40,42-44,46-47,49-60H2,1-3H3/b10-7-,11-8-,19-16-,20-17-,28-25-,29-26-,34-32-,39-36-,41-38-,48-45-/t61-/m1/s1. The number of carbonyl (C=O) groups is 2. The van der Waals surface area contributed by atoms with E-state index in [2.05, 4.69) is 142 Å². The van der Waals surface area contributed by atoms with Crippen molar-refractivity contribution >= 4 is 11.9 Å². The maximum Gasteiger partial charge on any atom is 0.306 e. The fourth-order valence-electron chi connectivity index (χ4n) is 7.40. The van der Waals surface area contributed by atoms with Gasteiger partial charge in [-0.05, 0) is 103 Å². The molecule has 0 N–H and O–H groups in total. The molecule has 0 aromatic heterocycles. The number of rotatable bonds is 50. The molecule has 0 saturated heterocycles. The van der Waals surface area contributed by atoms with Gasteiger partial charge in [0.15, 0.2) is 6.10 Å². The zero-order chi connectivity index (χ0) is 49.2. The molecule has 0 aliphatic carbocycles. The monoisotopic (exact) mass is 941 g/mol. The van der Waals surface area contributed by atoms with Crippen LogP contribution in [0, 0.1) is 0 Å². The van der Waals surface area contributed by atoms with Gasteiger partial charge in [-0.1, -0.05) is 245 Å². The van der Waals surface area contributed by atoms with Crippen molar-refractivity contribution in [1.82, 2.24) is 0 Å². The van der Waals surface area contributed by atoms with Gasteiger partial charge in [-0.15, -0.1) is 0 Å². The number of esters is 2. The molecule has 0 spiro atoms. The van der Waals surface area contributed by atoms with Gasteiger partial charge >= 0.3 is 11.9 Å². The summed E-state index contributed by atoms with van der Waals surface area (Å²) >= 11 is 0. The molecule has 0 aromatic rings. The summed E-state index contributed by atoms with van der Waals surface area (Å²) in [5.41, 5.74) is 0. The molecule has 386 valence electrons. The van der Waals surface area contributed by atoms with Crippen LogP contribution in [-0.2, 0) is 23.8 Å². The first-order valence-corrected chi connectivity index (χ1v) is 28.1. The second-order valence-electron chi connectivity index (χ2n) is 18.1. The van der Waals surface area contributed by atoms with Crippen LogP contribution >= 0.6 is 0 Å². The second kappa shape index (κ2) is 57.6. The lowest BCUT2D eigenvalue weighted by atomic mass is 10.0. The Kier molecular flexibility index (Phi) is 54.5. The lowest BCUT2D eigenvalue weighted by Crippen LogP contribution is -2.30. The third kappa shape index (κ3) is 54.9. The Morgan fingerprint density at radius 3 is 1.09 bits per heavy atom. The van der Waals surface area contributed by atoms with Crippen molar-refractivity contribution in [3.63, 3.8) is 0 Å². The van der Waals surface area contributed by atoms with Gasteiger partial charge in [-0.3, -0.25) is 9.59 Å². The van der Waals surface area contributed by atoms with E-state index in [4.69, 9.17) is 14.2 Å². The van der Waals surface area contributed by atoms with E-state index in [1.54, 1.807) is 0 Å². The van der Waals surface area contributed by atoms with Gasteiger partial charge in [-0.2, -0.15) is 0 Å². The van der Waals surface area contributed by atoms with Gasteiger partial charge in [0.1, 0.15) is 6.61 Å². The van der Waals surface area contributed by atoms with E-state index in [1.165, 1.54) is 89.9 Å². The van der Waals surface area contributed by atoms with Gasteiger partial charge in [0.2, 0.25) is 0 Å². The second-order valence-corrected chi connectivity index (χ2v) is 18.1. The highest BCUT2D eigenvalue weighted by atomic mass is 16.6. The Balaban J connectivity index is 4.44. The van der Waals surface area contributed by atoms with Crippen LogP contribution in [-0.4, -0.2) is 37.9 Å². The van der Waals surface area contributed by atoms with Crippen LogP contribution in [0.4, 0.5) is 0 Å². The first-order chi connectivity index (χ1) is 33.6. The average Bonchev–Trinajstić information content (AvgIpc) is 3.34. The predicted octanol–water partition coefficient (Wildman–Crippen LogP) is 19.3. The normalized spacial score (nSPS) is 13.2. The summed E-state index contributed by atoms with van der Waals surface area (Å²) in [4.78, 5) is 25.5. The Morgan fingerprint density at radius 1 is 0.338 bits per heavy atom. The minimum Gasteiger partial charge on any atom is -0.462 e. The summed E-state index contributed by atoms with van der Waals surface area (Å²) in [6.07, 6.45) is 80.8. The smallest absolute Gasteiger partial charge is 0.306 e. The average molecular weight is 942 g/mol. The fraction of sp³-hybridized carbons (Fsp3) is 0.651. The highest BCUT2D eigenvalue weighted by Gasteiger charge is 2.17. The SMILES string of the molecule is CC/C=C\C/C=C\C/C=C\C/C=C\C/C=C\CCCCCC(=O)OC[C@@H](COCCCCCCCCCCCCCCCCCC)OC(=O)CCC/C=C\C/C=C\C/C=C\C/C=C\C/C=C\CC. The van der Waals surface area contributed by atoms with Crippen molar-refractivity contribution in [2.24, 2.45) is 0 Å². The van der Waals surface area contributed by atoms with E-state index in [-0.39, 0.29) is 25.2 Å². The van der Waals surface area contributed by atoms with Crippen molar-refractivity contribution in [2.75, 3.05) is 19.8 Å². The molecular weight excluding hydrogens is 837 g/mol. The number of carbonyl (C=O) groups excluding carboxylic acids is 2. The Morgan fingerprint density at radius 2 is 0.676 bits per heavy atom. The molecule has 1 atom stereocenters. The predicted molar refractivity (Wildman–Crippen MR) is 297 cm³/mol. The van der Waals surface area contributed by atoms with Crippen molar-refractivity contribution in [1.29, 1.82) is 0 Å². The van der Waals surface area contributed by atoms with Crippen LogP contribution in [0.5, 0.6) is 0 Å². The number of hydrogen-bond donors (Lipinski definition) is 0. The maximum atomic E-state index is 12.8. The van der Waals surface area contributed by atoms with Crippen LogP contribution in [0.1, 0.15) is 239 Å². The van der Waals surface area contributed by atoms with Crippen LogP contribution < -0.4 is 0 Å². The van der Waals surface area contributed by atoms with Gasteiger partial charge in [0.25, 0.3) is 0 Å². The molecule has 5 nitrogen and oxygen atoms in total. The lowest BCUT2D eigenvalue weighted by molar-refractivity contribution is -0.162. The Bertz CT molecular complexity index is 1390. The summed E-state index contributed by atoms with van der Waals surface area (Å²) < 4.78 is 17.4. The van der Waals surface area contributed by atoms with Crippen LogP contribution in [0.25, 0.3) is 0 Å². The summed E-state index contributed by atoms with van der Waals surface area (Å²) in [6.45, 7) is 7.51. The van der Waals surface area contributed by atoms with E-state index < -0.39 is 6.10 Å². The minimum absolute atomic E-state index is 0.0400. The minimum atomic E-state index is -0.587. The molecule has 0 aliphatic rings. The van der Waals surface area contributed by atoms with Crippen LogP contribution in [0.15, 0.2) is 122 Å². The van der Waals surface area contributed by atoms with Crippen LogP contribution in [0.2, 0.25) is 0 Å². The van der Waals surface area contributed by atoms with Gasteiger partial charge in [-0.25, -0.2) is 0 Å². The first-order valence-electron chi connectivity index (χ1n) is 28.1. The quantitative estimate of drug-likeness (QED) is 0.0345. The topological polar surface area (TPSA) is 61.8 Å². The summed E-state index contributed by atoms with van der Waals surface area (Å²) in [5.74, 6) is -0.503. The highest BCUT2D eigenvalue weighted by molar-refractivity contribution is 5.70. The van der Waals surface area contributed by atoms with E-state index in [0.717, 1.165) is 116 Å². The van der Waals surface area contributed by atoms with E-state index in [9.17, 15) is 9.59 Å². The van der Waals surface area contributed by atoms with Crippen LogP contribution in [0.3, 0.4) is 0 Å². The molecule has 0 unspecified atom stereocenters. The molecule has 0 aromatic carbocycles. The first kappa shape index (κ1) is 64.3. The van der Waals surface area contributed by atoms with Crippen molar-refractivity contribution < 1.29 is 23.8 Å². The number of unbranched alkanes of at least 4 members (excludes halogenated alkanes) is 19. The van der Waals surface area contributed by atoms with E-state index in [1.807, 2.05) is 0 Å². The summed E-state index contributed by atoms with van der Waals surface area (Å²) in [7, 11) is 0. The zero-order valence-electron chi connectivity index (χ0n) is 44.3.